The minimum Gasteiger partial charge on any atom is -0.367 e. The van der Waals surface area contributed by atoms with E-state index in [4.69, 9.17) is 5.73 Å². The topological polar surface area (TPSA) is 79.6 Å². The van der Waals surface area contributed by atoms with E-state index in [-0.39, 0.29) is 0 Å². The number of rotatable bonds is 1. The summed E-state index contributed by atoms with van der Waals surface area (Å²) in [5.41, 5.74) is 5.44. The molecule has 2 atom stereocenters. The molecular formula is C8H15N5. The Morgan fingerprint density at radius 3 is 3.00 bits per heavy atom. The van der Waals surface area contributed by atoms with Gasteiger partial charge in [0.2, 0.25) is 5.95 Å². The second-order valence-corrected chi connectivity index (χ2v) is 3.72. The standard InChI is InChI=1S/C8H15N5/c1-5-2-3-10-6(4-5)7-11-8(9)13-12-7/h5-6,10H,2-4H2,1H3,(H3,9,11,12,13). The number of nitrogens with one attached hydrogen (secondary N) is 2. The molecule has 2 heterocycles. The van der Waals surface area contributed by atoms with Gasteiger partial charge in [0, 0.05) is 0 Å². The summed E-state index contributed by atoms with van der Waals surface area (Å²) in [7, 11) is 0. The normalized spacial score (nSPS) is 29.0. The van der Waals surface area contributed by atoms with Gasteiger partial charge in [-0.05, 0) is 25.3 Å². The lowest BCUT2D eigenvalue weighted by Crippen LogP contribution is -2.31. The minimum atomic E-state index is 0.300. The van der Waals surface area contributed by atoms with Gasteiger partial charge < -0.3 is 11.1 Å². The van der Waals surface area contributed by atoms with E-state index in [0.29, 0.717) is 12.0 Å². The Morgan fingerprint density at radius 2 is 2.38 bits per heavy atom. The van der Waals surface area contributed by atoms with E-state index in [9.17, 15) is 0 Å². The molecule has 1 aromatic heterocycles. The Bertz CT molecular complexity index is 282. The highest BCUT2D eigenvalue weighted by Crippen LogP contribution is 2.24. The van der Waals surface area contributed by atoms with Gasteiger partial charge in [-0.2, -0.15) is 4.98 Å². The zero-order valence-corrected chi connectivity index (χ0v) is 7.75. The number of H-pyrrole nitrogens is 1. The fraction of sp³-hybridized carbons (Fsp3) is 0.750. The van der Waals surface area contributed by atoms with E-state index < -0.39 is 0 Å². The van der Waals surface area contributed by atoms with Crippen molar-refractivity contribution in [1.29, 1.82) is 0 Å². The molecule has 4 N–H and O–H groups in total. The molecule has 0 bridgehead atoms. The highest BCUT2D eigenvalue weighted by atomic mass is 15.3. The van der Waals surface area contributed by atoms with Crippen molar-refractivity contribution in [2.24, 2.45) is 5.92 Å². The summed E-state index contributed by atoms with van der Waals surface area (Å²) in [4.78, 5) is 4.12. The van der Waals surface area contributed by atoms with Crippen LogP contribution in [0.25, 0.3) is 0 Å². The van der Waals surface area contributed by atoms with Crippen molar-refractivity contribution < 1.29 is 0 Å². The van der Waals surface area contributed by atoms with Crippen molar-refractivity contribution >= 4 is 5.95 Å². The Kier molecular flexibility index (Phi) is 2.18. The van der Waals surface area contributed by atoms with E-state index >= 15 is 0 Å². The lowest BCUT2D eigenvalue weighted by Gasteiger charge is -2.26. The van der Waals surface area contributed by atoms with Crippen LogP contribution in [0.2, 0.25) is 0 Å². The fourth-order valence-corrected chi connectivity index (χ4v) is 1.76. The molecule has 1 aliphatic heterocycles. The molecule has 5 nitrogen and oxygen atoms in total. The second kappa shape index (κ2) is 3.33. The van der Waals surface area contributed by atoms with Crippen molar-refractivity contribution in [3.05, 3.63) is 5.82 Å². The second-order valence-electron chi connectivity index (χ2n) is 3.72. The van der Waals surface area contributed by atoms with Gasteiger partial charge in [0.05, 0.1) is 6.04 Å². The summed E-state index contributed by atoms with van der Waals surface area (Å²) >= 11 is 0. The summed E-state index contributed by atoms with van der Waals surface area (Å²) in [6.45, 7) is 3.31. The van der Waals surface area contributed by atoms with Gasteiger partial charge in [-0.3, -0.25) is 5.10 Å². The number of hydrogen-bond acceptors (Lipinski definition) is 4. The van der Waals surface area contributed by atoms with Gasteiger partial charge in [-0.1, -0.05) is 6.92 Å². The highest BCUT2D eigenvalue weighted by molar-refractivity contribution is 5.14. The Morgan fingerprint density at radius 1 is 1.54 bits per heavy atom. The van der Waals surface area contributed by atoms with Gasteiger partial charge in [-0.25, -0.2) is 0 Å². The largest absolute Gasteiger partial charge is 0.367 e. The maximum atomic E-state index is 5.44. The quantitative estimate of drug-likeness (QED) is 0.587. The van der Waals surface area contributed by atoms with E-state index in [1.54, 1.807) is 0 Å². The molecule has 1 aromatic rings. The number of aromatic amines is 1. The number of piperidine rings is 1. The van der Waals surface area contributed by atoms with Gasteiger partial charge in [0.1, 0.15) is 5.82 Å². The molecule has 1 aliphatic rings. The zero-order chi connectivity index (χ0) is 9.26. The molecule has 1 saturated heterocycles. The first-order valence-electron chi connectivity index (χ1n) is 4.67. The lowest BCUT2D eigenvalue weighted by atomic mass is 9.94. The Balaban J connectivity index is 2.08. The summed E-state index contributed by atoms with van der Waals surface area (Å²) in [6, 6.07) is 0.300. The van der Waals surface area contributed by atoms with Crippen LogP contribution in [-0.4, -0.2) is 21.7 Å². The van der Waals surface area contributed by atoms with Gasteiger partial charge in [0.25, 0.3) is 0 Å². The van der Waals surface area contributed by atoms with Gasteiger partial charge in [0.15, 0.2) is 0 Å². The first-order chi connectivity index (χ1) is 6.25. The van der Waals surface area contributed by atoms with Gasteiger partial charge >= 0.3 is 0 Å². The van der Waals surface area contributed by atoms with E-state index in [0.717, 1.165) is 24.7 Å². The number of nitrogen functional groups attached to an aromatic ring is 1. The molecule has 0 amide bonds. The Labute approximate surface area is 77.1 Å². The molecule has 2 unspecified atom stereocenters. The molecule has 1 fully saturated rings. The summed E-state index contributed by atoms with van der Waals surface area (Å²) in [5, 5.41) is 10.1. The fourth-order valence-electron chi connectivity index (χ4n) is 1.76. The van der Waals surface area contributed by atoms with Crippen LogP contribution in [0.1, 0.15) is 31.6 Å². The highest BCUT2D eigenvalue weighted by Gasteiger charge is 2.22. The van der Waals surface area contributed by atoms with E-state index in [1.807, 2.05) is 0 Å². The predicted octanol–water partition coefficient (Wildman–Crippen LogP) is 0.447. The van der Waals surface area contributed by atoms with Crippen LogP contribution in [-0.2, 0) is 0 Å². The van der Waals surface area contributed by atoms with Crippen LogP contribution in [0, 0.1) is 5.92 Å². The van der Waals surface area contributed by atoms with Crippen LogP contribution in [0.5, 0.6) is 0 Å². The maximum Gasteiger partial charge on any atom is 0.239 e. The molecular weight excluding hydrogens is 166 g/mol. The molecule has 0 radical (unpaired) electrons. The SMILES string of the molecule is CC1CCNC(c2nc(N)n[nH]2)C1. The zero-order valence-electron chi connectivity index (χ0n) is 7.75. The first-order valence-corrected chi connectivity index (χ1v) is 4.67. The average Bonchev–Trinajstić information content (AvgIpc) is 2.52. The first kappa shape index (κ1) is 8.50. The third kappa shape index (κ3) is 1.80. The number of nitrogens with zero attached hydrogens (tertiary/aromatic N) is 2. The third-order valence-electron chi connectivity index (χ3n) is 2.52. The number of aromatic nitrogens is 3. The van der Waals surface area contributed by atoms with Crippen molar-refractivity contribution in [3.63, 3.8) is 0 Å². The number of hydrogen-bond donors (Lipinski definition) is 3. The number of nitrogens with two attached hydrogens (primary N) is 1. The van der Waals surface area contributed by atoms with Crippen LogP contribution in [0.3, 0.4) is 0 Å². The molecule has 72 valence electrons. The van der Waals surface area contributed by atoms with Crippen molar-refractivity contribution in [2.75, 3.05) is 12.3 Å². The number of anilines is 1. The van der Waals surface area contributed by atoms with Crippen molar-refractivity contribution in [2.45, 2.75) is 25.8 Å². The van der Waals surface area contributed by atoms with Crippen molar-refractivity contribution in [1.82, 2.24) is 20.5 Å². The van der Waals surface area contributed by atoms with Crippen molar-refractivity contribution in [3.8, 4) is 0 Å². The third-order valence-corrected chi connectivity index (χ3v) is 2.52. The lowest BCUT2D eigenvalue weighted by molar-refractivity contribution is 0.316. The monoisotopic (exact) mass is 181 g/mol. The van der Waals surface area contributed by atoms with E-state index in [1.165, 1.54) is 6.42 Å². The molecule has 2 rings (SSSR count). The summed E-state index contributed by atoms with van der Waals surface area (Å²) < 4.78 is 0. The van der Waals surface area contributed by atoms with Crippen LogP contribution < -0.4 is 11.1 Å². The summed E-state index contributed by atoms with van der Waals surface area (Å²) in [6.07, 6.45) is 2.34. The van der Waals surface area contributed by atoms with E-state index in [2.05, 4.69) is 27.4 Å². The molecule has 0 saturated carbocycles. The molecule has 0 aromatic carbocycles. The van der Waals surface area contributed by atoms with Crippen LogP contribution in [0.4, 0.5) is 5.95 Å². The Hall–Kier alpha value is -1.10. The van der Waals surface area contributed by atoms with Crippen LogP contribution >= 0.6 is 0 Å². The molecule has 5 heteroatoms. The smallest absolute Gasteiger partial charge is 0.239 e. The summed E-state index contributed by atoms with van der Waals surface area (Å²) in [5.74, 6) is 1.94. The average molecular weight is 181 g/mol. The van der Waals surface area contributed by atoms with Gasteiger partial charge in [-0.15, -0.1) is 5.10 Å². The molecule has 13 heavy (non-hydrogen) atoms. The minimum absolute atomic E-state index is 0.300. The molecule has 0 aliphatic carbocycles. The molecule has 0 spiro atoms. The van der Waals surface area contributed by atoms with Crippen LogP contribution in [0.15, 0.2) is 0 Å². The predicted molar refractivity (Wildman–Crippen MR) is 49.9 cm³/mol. The maximum absolute atomic E-state index is 5.44.